The number of hydrogen-bond acceptors (Lipinski definition) is 6. The molecule has 118 valence electrons. The second kappa shape index (κ2) is 6.93. The lowest BCUT2D eigenvalue weighted by molar-refractivity contribution is -0.113. The SMILES string of the molecule is Cc1ccc(-n2c(C)nnc2SCC(=O)Nc2nccs2)cc1. The first-order valence-corrected chi connectivity index (χ1v) is 8.81. The molecule has 0 atom stereocenters. The van der Waals surface area contributed by atoms with E-state index in [2.05, 4.69) is 20.5 Å². The average molecular weight is 345 g/mol. The molecule has 0 aliphatic rings. The van der Waals surface area contributed by atoms with Crippen LogP contribution in [0.3, 0.4) is 0 Å². The summed E-state index contributed by atoms with van der Waals surface area (Å²) in [5.74, 6) is 0.932. The minimum atomic E-state index is -0.110. The van der Waals surface area contributed by atoms with E-state index in [9.17, 15) is 4.79 Å². The molecule has 0 unspecified atom stereocenters. The minimum absolute atomic E-state index is 0.110. The third-order valence-corrected chi connectivity index (χ3v) is 4.72. The lowest BCUT2D eigenvalue weighted by Gasteiger charge is -2.08. The summed E-state index contributed by atoms with van der Waals surface area (Å²) in [4.78, 5) is 16.0. The molecule has 6 nitrogen and oxygen atoms in total. The van der Waals surface area contributed by atoms with Crippen molar-refractivity contribution in [3.63, 3.8) is 0 Å². The number of thioether (sulfide) groups is 1. The van der Waals surface area contributed by atoms with Crippen LogP contribution in [0.2, 0.25) is 0 Å². The van der Waals surface area contributed by atoms with Gasteiger partial charge >= 0.3 is 0 Å². The van der Waals surface area contributed by atoms with Crippen LogP contribution in [0.25, 0.3) is 5.69 Å². The smallest absolute Gasteiger partial charge is 0.236 e. The highest BCUT2D eigenvalue weighted by Gasteiger charge is 2.13. The molecule has 2 aromatic heterocycles. The number of thiazole rings is 1. The number of carbonyl (C=O) groups excluding carboxylic acids is 1. The zero-order valence-electron chi connectivity index (χ0n) is 12.7. The van der Waals surface area contributed by atoms with Gasteiger partial charge in [0.05, 0.1) is 5.75 Å². The van der Waals surface area contributed by atoms with Crippen LogP contribution in [0.4, 0.5) is 5.13 Å². The van der Waals surface area contributed by atoms with Gasteiger partial charge in [-0.15, -0.1) is 21.5 Å². The van der Waals surface area contributed by atoms with Crippen molar-refractivity contribution in [2.75, 3.05) is 11.1 Å². The fourth-order valence-electron chi connectivity index (χ4n) is 2.00. The van der Waals surface area contributed by atoms with Gasteiger partial charge in [0.15, 0.2) is 10.3 Å². The molecule has 23 heavy (non-hydrogen) atoms. The molecule has 0 spiro atoms. The van der Waals surface area contributed by atoms with E-state index in [0.29, 0.717) is 10.3 Å². The van der Waals surface area contributed by atoms with Crippen LogP contribution in [-0.4, -0.2) is 31.4 Å². The Labute approximate surface area is 142 Å². The third kappa shape index (κ3) is 3.77. The van der Waals surface area contributed by atoms with Crippen molar-refractivity contribution in [3.05, 3.63) is 47.2 Å². The molecule has 1 amide bonds. The van der Waals surface area contributed by atoms with Crippen LogP contribution in [0.5, 0.6) is 0 Å². The van der Waals surface area contributed by atoms with Crippen molar-refractivity contribution < 1.29 is 4.79 Å². The van der Waals surface area contributed by atoms with Crippen molar-refractivity contribution in [1.82, 2.24) is 19.7 Å². The van der Waals surface area contributed by atoms with Crippen LogP contribution >= 0.6 is 23.1 Å². The van der Waals surface area contributed by atoms with Crippen LogP contribution in [-0.2, 0) is 4.79 Å². The molecule has 0 saturated carbocycles. The van der Waals surface area contributed by atoms with Crippen molar-refractivity contribution >= 4 is 34.1 Å². The Morgan fingerprint density at radius 1 is 1.26 bits per heavy atom. The Morgan fingerprint density at radius 3 is 2.74 bits per heavy atom. The van der Waals surface area contributed by atoms with Gasteiger partial charge in [-0.2, -0.15) is 0 Å². The van der Waals surface area contributed by atoms with E-state index >= 15 is 0 Å². The zero-order valence-corrected chi connectivity index (χ0v) is 14.3. The Hall–Kier alpha value is -2.19. The number of rotatable bonds is 5. The van der Waals surface area contributed by atoms with Gasteiger partial charge < -0.3 is 5.32 Å². The van der Waals surface area contributed by atoms with Gasteiger partial charge in [0.1, 0.15) is 5.82 Å². The zero-order chi connectivity index (χ0) is 16.2. The molecule has 0 radical (unpaired) electrons. The van der Waals surface area contributed by atoms with Crippen LogP contribution in [0.15, 0.2) is 41.0 Å². The number of nitrogens with zero attached hydrogens (tertiary/aromatic N) is 4. The van der Waals surface area contributed by atoms with Crippen molar-refractivity contribution in [2.24, 2.45) is 0 Å². The van der Waals surface area contributed by atoms with E-state index in [-0.39, 0.29) is 11.7 Å². The van der Waals surface area contributed by atoms with Gasteiger partial charge in [0.2, 0.25) is 5.91 Å². The fraction of sp³-hybridized carbons (Fsp3) is 0.200. The topological polar surface area (TPSA) is 72.7 Å². The Morgan fingerprint density at radius 2 is 2.04 bits per heavy atom. The number of nitrogens with one attached hydrogen (secondary N) is 1. The molecule has 0 aliphatic heterocycles. The molecule has 0 saturated heterocycles. The van der Waals surface area contributed by atoms with E-state index in [1.807, 2.05) is 48.1 Å². The second-order valence-corrected chi connectivity index (χ2v) is 6.71. The predicted octanol–water partition coefficient (Wildman–Crippen LogP) is 3.07. The van der Waals surface area contributed by atoms with Gasteiger partial charge in [0.25, 0.3) is 0 Å². The standard InChI is InChI=1S/C15H15N5OS2/c1-10-3-5-12(6-4-10)20-11(2)18-19-15(20)23-9-13(21)17-14-16-7-8-22-14/h3-8H,9H2,1-2H3,(H,16,17,21). The maximum absolute atomic E-state index is 12.0. The van der Waals surface area contributed by atoms with E-state index in [1.54, 1.807) is 6.20 Å². The Balaban J connectivity index is 1.71. The van der Waals surface area contributed by atoms with Crippen LogP contribution < -0.4 is 5.32 Å². The normalized spacial score (nSPS) is 10.7. The van der Waals surface area contributed by atoms with E-state index in [4.69, 9.17) is 0 Å². The summed E-state index contributed by atoms with van der Waals surface area (Å²) in [6.45, 7) is 3.94. The number of aryl methyl sites for hydroxylation is 2. The molecule has 0 aliphatic carbocycles. The number of amides is 1. The molecule has 3 aromatic rings. The summed E-state index contributed by atoms with van der Waals surface area (Å²) < 4.78 is 1.95. The van der Waals surface area contributed by atoms with Crippen molar-refractivity contribution in [2.45, 2.75) is 19.0 Å². The fourth-order valence-corrected chi connectivity index (χ4v) is 3.34. The first-order valence-electron chi connectivity index (χ1n) is 6.94. The quantitative estimate of drug-likeness (QED) is 0.720. The monoisotopic (exact) mass is 345 g/mol. The number of hydrogen-bond donors (Lipinski definition) is 1. The van der Waals surface area contributed by atoms with Crippen molar-refractivity contribution in [1.29, 1.82) is 0 Å². The number of aromatic nitrogens is 4. The van der Waals surface area contributed by atoms with Gasteiger partial charge in [-0.05, 0) is 26.0 Å². The third-order valence-electron chi connectivity index (χ3n) is 3.10. The van der Waals surface area contributed by atoms with Gasteiger partial charge in [-0.3, -0.25) is 9.36 Å². The van der Waals surface area contributed by atoms with Gasteiger partial charge in [-0.25, -0.2) is 4.98 Å². The molecule has 0 bridgehead atoms. The number of anilines is 1. The molecule has 1 N–H and O–H groups in total. The minimum Gasteiger partial charge on any atom is -0.301 e. The van der Waals surface area contributed by atoms with Gasteiger partial charge in [-0.1, -0.05) is 29.5 Å². The predicted molar refractivity (Wildman–Crippen MR) is 92.3 cm³/mol. The number of benzene rings is 1. The van der Waals surface area contributed by atoms with Crippen LogP contribution in [0.1, 0.15) is 11.4 Å². The summed E-state index contributed by atoms with van der Waals surface area (Å²) in [7, 11) is 0. The largest absolute Gasteiger partial charge is 0.301 e. The van der Waals surface area contributed by atoms with Gasteiger partial charge in [0, 0.05) is 17.3 Å². The average Bonchev–Trinajstić information content (AvgIpc) is 3.16. The molecule has 2 heterocycles. The highest BCUT2D eigenvalue weighted by atomic mass is 32.2. The highest BCUT2D eigenvalue weighted by Crippen LogP contribution is 2.22. The summed E-state index contributed by atoms with van der Waals surface area (Å²) in [5, 5.41) is 14.2. The Bertz CT molecular complexity index is 796. The molecule has 3 rings (SSSR count). The molecular formula is C15H15N5OS2. The maximum Gasteiger partial charge on any atom is 0.236 e. The maximum atomic E-state index is 12.0. The lowest BCUT2D eigenvalue weighted by Crippen LogP contribution is -2.14. The molecule has 8 heteroatoms. The molecule has 1 aromatic carbocycles. The summed E-state index contributed by atoms with van der Waals surface area (Å²) in [6, 6.07) is 8.12. The Kier molecular flexibility index (Phi) is 4.73. The molecule has 0 fully saturated rings. The highest BCUT2D eigenvalue weighted by molar-refractivity contribution is 7.99. The summed E-state index contributed by atoms with van der Waals surface area (Å²) >= 11 is 2.74. The van der Waals surface area contributed by atoms with E-state index in [0.717, 1.165) is 11.5 Å². The molecular weight excluding hydrogens is 330 g/mol. The first kappa shape index (κ1) is 15.7. The summed E-state index contributed by atoms with van der Waals surface area (Å²) in [6.07, 6.45) is 1.66. The first-order chi connectivity index (χ1) is 11.1. The van der Waals surface area contributed by atoms with E-state index in [1.165, 1.54) is 28.7 Å². The second-order valence-electron chi connectivity index (χ2n) is 4.87. The number of carbonyl (C=O) groups is 1. The summed E-state index contributed by atoms with van der Waals surface area (Å²) in [5.41, 5.74) is 2.18. The lowest BCUT2D eigenvalue weighted by atomic mass is 10.2. The van der Waals surface area contributed by atoms with E-state index < -0.39 is 0 Å². The van der Waals surface area contributed by atoms with Crippen LogP contribution in [0, 0.1) is 13.8 Å². The van der Waals surface area contributed by atoms with Crippen molar-refractivity contribution in [3.8, 4) is 5.69 Å².